The van der Waals surface area contributed by atoms with Crippen LogP contribution in [0.1, 0.15) is 21.7 Å². The standard InChI is InChI=1S/C8H8BrNO2S/c9-7-4-2-1-3-10-5(4)6(13-7)8(11)12/h10H,1-3H2,(H,11,12). The second-order valence-corrected chi connectivity index (χ2v) is 5.23. The van der Waals surface area contributed by atoms with Gasteiger partial charge in [-0.15, -0.1) is 11.3 Å². The van der Waals surface area contributed by atoms with Gasteiger partial charge in [0.05, 0.1) is 9.47 Å². The van der Waals surface area contributed by atoms with Crippen LogP contribution in [0.15, 0.2) is 3.79 Å². The Bertz CT molecular complexity index is 361. The molecule has 70 valence electrons. The molecule has 1 aromatic rings. The highest BCUT2D eigenvalue weighted by atomic mass is 79.9. The van der Waals surface area contributed by atoms with Crippen molar-refractivity contribution in [2.24, 2.45) is 0 Å². The lowest BCUT2D eigenvalue weighted by Crippen LogP contribution is -2.12. The lowest BCUT2D eigenvalue weighted by atomic mass is 10.1. The highest BCUT2D eigenvalue weighted by Crippen LogP contribution is 2.39. The predicted octanol–water partition coefficient (Wildman–Crippen LogP) is 2.57. The van der Waals surface area contributed by atoms with Crippen molar-refractivity contribution in [1.82, 2.24) is 0 Å². The molecule has 0 radical (unpaired) electrons. The van der Waals surface area contributed by atoms with Crippen molar-refractivity contribution < 1.29 is 9.90 Å². The summed E-state index contributed by atoms with van der Waals surface area (Å²) in [4.78, 5) is 11.3. The molecule has 0 spiro atoms. The Morgan fingerprint density at radius 3 is 3.08 bits per heavy atom. The van der Waals surface area contributed by atoms with Gasteiger partial charge in [-0.1, -0.05) is 0 Å². The molecule has 0 aromatic carbocycles. The van der Waals surface area contributed by atoms with Gasteiger partial charge in [-0.2, -0.15) is 0 Å². The van der Waals surface area contributed by atoms with Crippen LogP contribution in [0.5, 0.6) is 0 Å². The summed E-state index contributed by atoms with van der Waals surface area (Å²) >= 11 is 4.68. The lowest BCUT2D eigenvalue weighted by Gasteiger charge is -2.14. The second kappa shape index (κ2) is 3.31. The monoisotopic (exact) mass is 261 g/mol. The maximum absolute atomic E-state index is 10.8. The molecule has 0 bridgehead atoms. The van der Waals surface area contributed by atoms with E-state index in [1.54, 1.807) is 0 Å². The second-order valence-electron chi connectivity index (χ2n) is 2.89. The number of aromatic carboxylic acids is 1. The summed E-state index contributed by atoms with van der Waals surface area (Å²) in [6, 6.07) is 0. The molecule has 1 aromatic heterocycles. The van der Waals surface area contributed by atoms with E-state index < -0.39 is 5.97 Å². The average Bonchev–Trinajstić information content (AvgIpc) is 2.45. The number of halogens is 1. The number of carboxylic acids is 1. The highest BCUT2D eigenvalue weighted by Gasteiger charge is 2.22. The van der Waals surface area contributed by atoms with E-state index in [0.717, 1.165) is 34.4 Å². The molecular weight excluding hydrogens is 254 g/mol. The fourth-order valence-electron chi connectivity index (χ4n) is 1.48. The van der Waals surface area contributed by atoms with Crippen LogP contribution in [0, 0.1) is 0 Å². The van der Waals surface area contributed by atoms with Crippen LogP contribution >= 0.6 is 27.3 Å². The number of carboxylic acid groups (broad SMARTS) is 1. The summed E-state index contributed by atoms with van der Waals surface area (Å²) in [7, 11) is 0. The maximum atomic E-state index is 10.8. The van der Waals surface area contributed by atoms with Gasteiger partial charge in [0, 0.05) is 12.1 Å². The van der Waals surface area contributed by atoms with Crippen LogP contribution in [0.25, 0.3) is 0 Å². The topological polar surface area (TPSA) is 49.3 Å². The quantitative estimate of drug-likeness (QED) is 0.817. The number of fused-ring (bicyclic) bond motifs is 1. The third-order valence-corrected chi connectivity index (χ3v) is 4.03. The minimum Gasteiger partial charge on any atom is -0.477 e. The van der Waals surface area contributed by atoms with Crippen LogP contribution in [-0.2, 0) is 6.42 Å². The van der Waals surface area contributed by atoms with Crippen LogP contribution in [-0.4, -0.2) is 17.6 Å². The van der Waals surface area contributed by atoms with Gasteiger partial charge in [0.15, 0.2) is 0 Å². The molecule has 0 aliphatic carbocycles. The molecule has 0 atom stereocenters. The Kier molecular flexibility index (Phi) is 2.29. The van der Waals surface area contributed by atoms with Gasteiger partial charge in [-0.05, 0) is 28.8 Å². The molecule has 0 fully saturated rings. The zero-order chi connectivity index (χ0) is 9.42. The number of rotatable bonds is 1. The zero-order valence-electron chi connectivity index (χ0n) is 6.76. The van der Waals surface area contributed by atoms with Crippen molar-refractivity contribution in [3.63, 3.8) is 0 Å². The number of hydrogen-bond acceptors (Lipinski definition) is 3. The Morgan fingerprint density at radius 1 is 1.62 bits per heavy atom. The van der Waals surface area contributed by atoms with Crippen LogP contribution in [0.4, 0.5) is 5.69 Å². The fourth-order valence-corrected chi connectivity index (χ4v) is 3.25. The first-order valence-electron chi connectivity index (χ1n) is 3.98. The first kappa shape index (κ1) is 9.02. The molecule has 0 unspecified atom stereocenters. The summed E-state index contributed by atoms with van der Waals surface area (Å²) in [5, 5.41) is 12.0. The van der Waals surface area contributed by atoms with Gasteiger partial charge < -0.3 is 10.4 Å². The number of carbonyl (C=O) groups is 1. The Morgan fingerprint density at radius 2 is 2.38 bits per heavy atom. The third kappa shape index (κ3) is 1.46. The molecule has 1 aliphatic heterocycles. The largest absolute Gasteiger partial charge is 0.477 e. The predicted molar refractivity (Wildman–Crippen MR) is 55.8 cm³/mol. The van der Waals surface area contributed by atoms with E-state index in [0.29, 0.717) is 4.88 Å². The Balaban J connectivity index is 2.53. The molecule has 2 heterocycles. The fraction of sp³-hybridized carbons (Fsp3) is 0.375. The van der Waals surface area contributed by atoms with E-state index in [9.17, 15) is 4.79 Å². The van der Waals surface area contributed by atoms with Crippen molar-refractivity contribution >= 4 is 38.9 Å². The van der Waals surface area contributed by atoms with E-state index in [2.05, 4.69) is 21.2 Å². The van der Waals surface area contributed by atoms with E-state index in [-0.39, 0.29) is 0 Å². The first-order valence-corrected chi connectivity index (χ1v) is 5.59. The molecule has 2 rings (SSSR count). The third-order valence-electron chi connectivity index (χ3n) is 2.06. The first-order chi connectivity index (χ1) is 6.20. The summed E-state index contributed by atoms with van der Waals surface area (Å²) in [6.45, 7) is 0.871. The smallest absolute Gasteiger partial charge is 0.348 e. The maximum Gasteiger partial charge on any atom is 0.348 e. The number of hydrogen-bond donors (Lipinski definition) is 2. The normalized spacial score (nSPS) is 14.8. The van der Waals surface area contributed by atoms with Crippen molar-refractivity contribution in [2.75, 3.05) is 11.9 Å². The SMILES string of the molecule is O=C(O)c1sc(Br)c2c1NCCC2. The Hall–Kier alpha value is -0.550. The van der Waals surface area contributed by atoms with Crippen molar-refractivity contribution in [3.05, 3.63) is 14.2 Å². The number of nitrogens with one attached hydrogen (secondary N) is 1. The van der Waals surface area contributed by atoms with E-state index in [1.165, 1.54) is 11.3 Å². The minimum atomic E-state index is -0.846. The van der Waals surface area contributed by atoms with Crippen LogP contribution in [0.2, 0.25) is 0 Å². The van der Waals surface area contributed by atoms with E-state index in [4.69, 9.17) is 5.11 Å². The number of anilines is 1. The molecule has 13 heavy (non-hydrogen) atoms. The van der Waals surface area contributed by atoms with E-state index >= 15 is 0 Å². The van der Waals surface area contributed by atoms with Gasteiger partial charge in [0.25, 0.3) is 0 Å². The molecule has 0 saturated carbocycles. The van der Waals surface area contributed by atoms with Crippen LogP contribution < -0.4 is 5.32 Å². The summed E-state index contributed by atoms with van der Waals surface area (Å²) in [6.07, 6.45) is 2.04. The van der Waals surface area contributed by atoms with Gasteiger partial charge >= 0.3 is 5.97 Å². The van der Waals surface area contributed by atoms with Gasteiger partial charge in [0.1, 0.15) is 4.88 Å². The zero-order valence-corrected chi connectivity index (χ0v) is 9.17. The van der Waals surface area contributed by atoms with E-state index in [1.807, 2.05) is 0 Å². The minimum absolute atomic E-state index is 0.418. The summed E-state index contributed by atoms with van der Waals surface area (Å²) < 4.78 is 0.951. The molecule has 2 N–H and O–H groups in total. The lowest BCUT2D eigenvalue weighted by molar-refractivity contribution is 0.0703. The molecule has 0 amide bonds. The summed E-state index contributed by atoms with van der Waals surface area (Å²) in [5.41, 5.74) is 1.93. The Labute approximate surface area is 87.9 Å². The van der Waals surface area contributed by atoms with Crippen molar-refractivity contribution in [2.45, 2.75) is 12.8 Å². The van der Waals surface area contributed by atoms with Gasteiger partial charge in [0.2, 0.25) is 0 Å². The van der Waals surface area contributed by atoms with Gasteiger partial charge in [-0.3, -0.25) is 0 Å². The number of thiophene rings is 1. The van der Waals surface area contributed by atoms with Crippen LogP contribution in [0.3, 0.4) is 0 Å². The molecule has 3 nitrogen and oxygen atoms in total. The highest BCUT2D eigenvalue weighted by molar-refractivity contribution is 9.11. The average molecular weight is 262 g/mol. The molecule has 1 aliphatic rings. The van der Waals surface area contributed by atoms with Crippen molar-refractivity contribution in [3.8, 4) is 0 Å². The molecule has 0 saturated heterocycles. The summed E-state index contributed by atoms with van der Waals surface area (Å²) in [5.74, 6) is -0.846. The molecule has 5 heteroatoms. The van der Waals surface area contributed by atoms with Crippen molar-refractivity contribution in [1.29, 1.82) is 0 Å². The van der Waals surface area contributed by atoms with Gasteiger partial charge in [-0.25, -0.2) is 4.79 Å². The molecular formula is C8H8BrNO2S.